The summed E-state index contributed by atoms with van der Waals surface area (Å²) in [6, 6.07) is 9.43. The predicted molar refractivity (Wildman–Crippen MR) is 58.1 cm³/mol. The first-order chi connectivity index (χ1) is 6.24. The van der Waals surface area contributed by atoms with Gasteiger partial charge in [0.15, 0.2) is 0 Å². The third kappa shape index (κ3) is 3.23. The van der Waals surface area contributed by atoms with E-state index in [-0.39, 0.29) is 5.12 Å². The number of carbonyl (C=O) groups excluding carboxylic acids is 1. The van der Waals surface area contributed by atoms with Gasteiger partial charge in [0.1, 0.15) is 0 Å². The monoisotopic (exact) mass is 194 g/mol. The maximum absolute atomic E-state index is 11.6. The smallest absolute Gasteiger partial charge is 0.219 e. The van der Waals surface area contributed by atoms with Crippen molar-refractivity contribution < 1.29 is 4.79 Å². The van der Waals surface area contributed by atoms with Gasteiger partial charge in [0, 0.05) is 10.8 Å². The first-order valence-electron chi connectivity index (χ1n) is 4.50. The second kappa shape index (κ2) is 5.07. The molecule has 0 fully saturated rings. The number of benzene rings is 1. The van der Waals surface area contributed by atoms with Crippen LogP contribution in [0.4, 0.5) is 0 Å². The highest BCUT2D eigenvalue weighted by atomic mass is 32.2. The lowest BCUT2D eigenvalue weighted by Crippen LogP contribution is -2.01. The minimum atomic E-state index is 0.176. The van der Waals surface area contributed by atoms with Gasteiger partial charge in [-0.05, 0) is 6.42 Å². The number of rotatable bonds is 3. The fourth-order valence-electron chi connectivity index (χ4n) is 0.908. The minimum absolute atomic E-state index is 0.176. The molecule has 0 radical (unpaired) electrons. The Labute approximate surface area is 83.5 Å². The molecule has 0 bridgehead atoms. The van der Waals surface area contributed by atoms with E-state index in [1.54, 1.807) is 0 Å². The first-order valence-corrected chi connectivity index (χ1v) is 5.38. The van der Waals surface area contributed by atoms with Gasteiger partial charge in [-0.15, -0.1) is 0 Å². The van der Waals surface area contributed by atoms with E-state index in [0.29, 0.717) is 5.25 Å². The molecular weight excluding hydrogens is 180 g/mol. The van der Waals surface area contributed by atoms with Crippen LogP contribution in [0, 0.1) is 0 Å². The van der Waals surface area contributed by atoms with Crippen LogP contribution < -0.4 is 0 Å². The van der Waals surface area contributed by atoms with Crippen LogP contribution in [0.2, 0.25) is 0 Å². The molecule has 1 rings (SSSR count). The van der Waals surface area contributed by atoms with Gasteiger partial charge in [0.05, 0.1) is 0 Å². The van der Waals surface area contributed by atoms with Crippen LogP contribution in [-0.2, 0) is 0 Å². The molecule has 0 N–H and O–H groups in total. The van der Waals surface area contributed by atoms with Gasteiger partial charge >= 0.3 is 0 Å². The zero-order chi connectivity index (χ0) is 9.68. The lowest BCUT2D eigenvalue weighted by molar-refractivity contribution is 0.108. The quantitative estimate of drug-likeness (QED) is 0.734. The molecule has 13 heavy (non-hydrogen) atoms. The molecule has 0 saturated carbocycles. The van der Waals surface area contributed by atoms with Gasteiger partial charge in [0.25, 0.3) is 0 Å². The molecule has 70 valence electrons. The molecule has 1 aromatic carbocycles. The third-order valence-electron chi connectivity index (χ3n) is 1.89. The van der Waals surface area contributed by atoms with Gasteiger partial charge < -0.3 is 0 Å². The normalized spacial score (nSPS) is 12.5. The molecule has 1 nitrogen and oxygen atoms in total. The van der Waals surface area contributed by atoms with Crippen LogP contribution >= 0.6 is 11.8 Å². The van der Waals surface area contributed by atoms with Crippen molar-refractivity contribution in [2.75, 3.05) is 0 Å². The van der Waals surface area contributed by atoms with Crippen molar-refractivity contribution in [1.29, 1.82) is 0 Å². The molecule has 0 aliphatic carbocycles. The zero-order valence-corrected chi connectivity index (χ0v) is 8.80. The van der Waals surface area contributed by atoms with Crippen LogP contribution in [-0.4, -0.2) is 10.4 Å². The minimum Gasteiger partial charge on any atom is -0.282 e. The van der Waals surface area contributed by atoms with E-state index in [2.05, 4.69) is 13.8 Å². The van der Waals surface area contributed by atoms with E-state index in [1.165, 1.54) is 11.8 Å². The SMILES string of the molecule is CCC(C)SC(=O)c1ccccc1. The number of hydrogen-bond donors (Lipinski definition) is 0. The van der Waals surface area contributed by atoms with Crippen LogP contribution in [0.3, 0.4) is 0 Å². The van der Waals surface area contributed by atoms with E-state index in [4.69, 9.17) is 0 Å². The summed E-state index contributed by atoms with van der Waals surface area (Å²) < 4.78 is 0. The molecule has 1 atom stereocenters. The Morgan fingerprint density at radius 3 is 2.54 bits per heavy atom. The van der Waals surface area contributed by atoms with Gasteiger partial charge in [-0.25, -0.2) is 0 Å². The van der Waals surface area contributed by atoms with Crippen molar-refractivity contribution in [1.82, 2.24) is 0 Å². The molecular formula is C11H14OS. The number of thioether (sulfide) groups is 1. The number of hydrogen-bond acceptors (Lipinski definition) is 2. The van der Waals surface area contributed by atoms with Crippen molar-refractivity contribution in [2.24, 2.45) is 0 Å². The Kier molecular flexibility index (Phi) is 4.03. The van der Waals surface area contributed by atoms with Gasteiger partial charge in [0.2, 0.25) is 5.12 Å². The summed E-state index contributed by atoms with van der Waals surface area (Å²) >= 11 is 1.41. The molecule has 0 spiro atoms. The van der Waals surface area contributed by atoms with Crippen molar-refractivity contribution in [2.45, 2.75) is 25.5 Å². The Morgan fingerprint density at radius 2 is 2.00 bits per heavy atom. The summed E-state index contributed by atoms with van der Waals surface area (Å²) in [5.41, 5.74) is 0.799. The van der Waals surface area contributed by atoms with Crippen LogP contribution in [0.5, 0.6) is 0 Å². The number of carbonyl (C=O) groups is 1. The summed E-state index contributed by atoms with van der Waals surface area (Å²) in [4.78, 5) is 11.6. The zero-order valence-electron chi connectivity index (χ0n) is 7.99. The molecule has 0 aliphatic rings. The Morgan fingerprint density at radius 1 is 1.38 bits per heavy atom. The lowest BCUT2D eigenvalue weighted by atomic mass is 10.2. The average molecular weight is 194 g/mol. The van der Waals surface area contributed by atoms with Crippen LogP contribution in [0.25, 0.3) is 0 Å². The second-order valence-corrected chi connectivity index (χ2v) is 4.40. The summed E-state index contributed by atoms with van der Waals surface area (Å²) in [5.74, 6) is 0. The Bertz CT molecular complexity index is 269. The van der Waals surface area contributed by atoms with E-state index < -0.39 is 0 Å². The van der Waals surface area contributed by atoms with Crippen LogP contribution in [0.1, 0.15) is 30.6 Å². The summed E-state index contributed by atoms with van der Waals surface area (Å²) in [5, 5.41) is 0.586. The highest BCUT2D eigenvalue weighted by Crippen LogP contribution is 2.19. The van der Waals surface area contributed by atoms with Crippen LogP contribution in [0.15, 0.2) is 30.3 Å². The molecule has 1 aromatic rings. The standard InChI is InChI=1S/C11H14OS/c1-3-9(2)13-11(12)10-7-5-4-6-8-10/h4-9H,3H2,1-2H3. The Hall–Kier alpha value is -0.760. The van der Waals surface area contributed by atoms with Gasteiger partial charge in [-0.1, -0.05) is 55.9 Å². The molecule has 0 aromatic heterocycles. The molecule has 0 amide bonds. The molecule has 0 saturated heterocycles. The largest absolute Gasteiger partial charge is 0.282 e. The molecule has 2 heteroatoms. The van der Waals surface area contributed by atoms with Gasteiger partial charge in [-0.3, -0.25) is 4.79 Å². The van der Waals surface area contributed by atoms with Gasteiger partial charge in [-0.2, -0.15) is 0 Å². The topological polar surface area (TPSA) is 17.1 Å². The summed E-state index contributed by atoms with van der Waals surface area (Å²) in [6.07, 6.45) is 1.03. The highest BCUT2D eigenvalue weighted by molar-refractivity contribution is 8.14. The van der Waals surface area contributed by atoms with Crippen molar-refractivity contribution in [3.05, 3.63) is 35.9 Å². The van der Waals surface area contributed by atoms with E-state index in [9.17, 15) is 4.79 Å². The lowest BCUT2D eigenvalue weighted by Gasteiger charge is -2.05. The van der Waals surface area contributed by atoms with E-state index >= 15 is 0 Å². The summed E-state index contributed by atoms with van der Waals surface area (Å²) in [7, 11) is 0. The maximum atomic E-state index is 11.6. The third-order valence-corrected chi connectivity index (χ3v) is 3.08. The summed E-state index contributed by atoms with van der Waals surface area (Å²) in [6.45, 7) is 4.17. The first kappa shape index (κ1) is 10.3. The van der Waals surface area contributed by atoms with Crippen molar-refractivity contribution >= 4 is 16.9 Å². The molecule has 0 aliphatic heterocycles. The highest BCUT2D eigenvalue weighted by Gasteiger charge is 2.09. The van der Waals surface area contributed by atoms with E-state index in [0.717, 1.165) is 12.0 Å². The predicted octanol–water partition coefficient (Wildman–Crippen LogP) is 3.36. The fourth-order valence-corrected chi connectivity index (χ4v) is 1.71. The molecule has 0 heterocycles. The fraction of sp³-hybridized carbons (Fsp3) is 0.364. The maximum Gasteiger partial charge on any atom is 0.219 e. The Balaban J connectivity index is 2.59. The van der Waals surface area contributed by atoms with Crippen molar-refractivity contribution in [3.63, 3.8) is 0 Å². The van der Waals surface area contributed by atoms with Crippen molar-refractivity contribution in [3.8, 4) is 0 Å². The van der Waals surface area contributed by atoms with E-state index in [1.807, 2.05) is 30.3 Å². The molecule has 1 unspecified atom stereocenters. The second-order valence-electron chi connectivity index (χ2n) is 2.99. The average Bonchev–Trinajstić information content (AvgIpc) is 2.19.